The van der Waals surface area contributed by atoms with Crippen LogP contribution in [0.3, 0.4) is 0 Å². The van der Waals surface area contributed by atoms with Crippen LogP contribution in [0.4, 0.5) is 0 Å². The molecule has 0 aromatic carbocycles. The van der Waals surface area contributed by atoms with Crippen LogP contribution in [-0.2, 0) is 9.53 Å². The highest BCUT2D eigenvalue weighted by atomic mass is 16.5. The van der Waals surface area contributed by atoms with Crippen molar-refractivity contribution in [3.8, 4) is 0 Å². The lowest BCUT2D eigenvalue weighted by molar-refractivity contribution is -0.136. The Hall–Kier alpha value is -0.990. The Balaban J connectivity index is 3.63. The van der Waals surface area contributed by atoms with Crippen molar-refractivity contribution in [1.82, 2.24) is 0 Å². The monoisotopic (exact) mass is 158 g/mol. The molecule has 0 saturated carbocycles. The molecule has 0 aliphatic carbocycles. The Kier molecular flexibility index (Phi) is 5.25. The Labute approximate surface area is 66.7 Å². The van der Waals surface area contributed by atoms with Gasteiger partial charge in [-0.1, -0.05) is 13.3 Å². The van der Waals surface area contributed by atoms with Gasteiger partial charge in [0, 0.05) is 0 Å². The van der Waals surface area contributed by atoms with Crippen LogP contribution in [-0.4, -0.2) is 17.7 Å². The van der Waals surface area contributed by atoms with Crippen LogP contribution in [0.25, 0.3) is 0 Å². The first-order chi connectivity index (χ1) is 5.22. The van der Waals surface area contributed by atoms with E-state index >= 15 is 0 Å². The summed E-state index contributed by atoms with van der Waals surface area (Å²) in [6.07, 6.45) is 3.36. The van der Waals surface area contributed by atoms with Crippen LogP contribution < -0.4 is 0 Å². The van der Waals surface area contributed by atoms with Crippen molar-refractivity contribution in [2.45, 2.75) is 26.7 Å². The highest BCUT2D eigenvalue weighted by Crippen LogP contribution is 1.99. The average molecular weight is 158 g/mol. The summed E-state index contributed by atoms with van der Waals surface area (Å²) in [5.74, 6) is -0.956. The van der Waals surface area contributed by atoms with Gasteiger partial charge in [-0.15, -0.1) is 0 Å². The van der Waals surface area contributed by atoms with Crippen molar-refractivity contribution >= 4 is 5.97 Å². The predicted octanol–water partition coefficient (Wildman–Crippen LogP) is 1.79. The highest BCUT2D eigenvalue weighted by Gasteiger charge is 2.04. The molecule has 0 aromatic heterocycles. The number of ether oxygens (including phenoxy) is 1. The zero-order chi connectivity index (χ0) is 8.69. The maximum Gasteiger partial charge on any atom is 0.370 e. The number of carbonyl (C=O) groups is 1. The summed E-state index contributed by atoms with van der Waals surface area (Å²) >= 11 is 0. The number of aliphatic carboxylic acids is 1. The number of rotatable bonds is 5. The minimum atomic E-state index is -0.997. The molecule has 0 bridgehead atoms. The molecule has 0 saturated heterocycles. The van der Waals surface area contributed by atoms with Crippen molar-refractivity contribution in [2.24, 2.45) is 0 Å². The lowest BCUT2D eigenvalue weighted by Crippen LogP contribution is -2.05. The summed E-state index contributed by atoms with van der Waals surface area (Å²) in [7, 11) is 0. The topological polar surface area (TPSA) is 46.5 Å². The van der Waals surface area contributed by atoms with E-state index in [1.165, 1.54) is 6.08 Å². The molecule has 0 spiro atoms. The first-order valence-corrected chi connectivity index (χ1v) is 3.74. The molecule has 0 radical (unpaired) electrons. The van der Waals surface area contributed by atoms with Gasteiger partial charge >= 0.3 is 5.97 Å². The minimum absolute atomic E-state index is 0.0402. The van der Waals surface area contributed by atoms with Gasteiger partial charge in [-0.2, -0.15) is 0 Å². The highest BCUT2D eigenvalue weighted by molar-refractivity contribution is 5.84. The molecule has 0 amide bonds. The van der Waals surface area contributed by atoms with E-state index in [4.69, 9.17) is 9.84 Å². The maximum atomic E-state index is 10.3. The van der Waals surface area contributed by atoms with Gasteiger partial charge in [-0.3, -0.25) is 0 Å². The third kappa shape index (κ3) is 4.42. The van der Waals surface area contributed by atoms with E-state index in [1.807, 2.05) is 6.92 Å². The van der Waals surface area contributed by atoms with Gasteiger partial charge in [0.05, 0.1) is 6.61 Å². The second-order valence-electron chi connectivity index (χ2n) is 2.16. The normalized spacial score (nSPS) is 11.3. The van der Waals surface area contributed by atoms with E-state index < -0.39 is 5.97 Å². The number of allylic oxidation sites excluding steroid dienone is 1. The lowest BCUT2D eigenvalue weighted by atomic mass is 10.3. The molecule has 3 heteroatoms. The van der Waals surface area contributed by atoms with Crippen LogP contribution in [0.1, 0.15) is 26.7 Å². The summed E-state index contributed by atoms with van der Waals surface area (Å²) in [5, 5.41) is 8.48. The molecule has 64 valence electrons. The van der Waals surface area contributed by atoms with Crippen LogP contribution in [0.5, 0.6) is 0 Å². The Morgan fingerprint density at radius 3 is 2.64 bits per heavy atom. The van der Waals surface area contributed by atoms with Gasteiger partial charge < -0.3 is 9.84 Å². The van der Waals surface area contributed by atoms with E-state index in [-0.39, 0.29) is 5.76 Å². The summed E-state index contributed by atoms with van der Waals surface area (Å²) in [6, 6.07) is 0. The van der Waals surface area contributed by atoms with Crippen LogP contribution in [0.2, 0.25) is 0 Å². The zero-order valence-electron chi connectivity index (χ0n) is 6.96. The molecular formula is C8H14O3. The number of hydrogen-bond donors (Lipinski definition) is 1. The molecule has 3 nitrogen and oxygen atoms in total. The predicted molar refractivity (Wildman–Crippen MR) is 42.3 cm³/mol. The molecule has 0 fully saturated rings. The summed E-state index contributed by atoms with van der Waals surface area (Å²) in [4.78, 5) is 10.3. The molecule has 0 atom stereocenters. The van der Waals surface area contributed by atoms with E-state index in [0.717, 1.165) is 12.8 Å². The Bertz CT molecular complexity index is 149. The largest absolute Gasteiger partial charge is 0.487 e. The molecule has 0 aliphatic heterocycles. The molecule has 0 aliphatic rings. The average Bonchev–Trinajstić information content (AvgIpc) is 1.97. The summed E-state index contributed by atoms with van der Waals surface area (Å²) in [5.41, 5.74) is 0. The number of carboxylic acid groups (broad SMARTS) is 1. The van der Waals surface area contributed by atoms with Gasteiger partial charge in [0.25, 0.3) is 0 Å². The number of carboxylic acids is 1. The van der Waals surface area contributed by atoms with Crippen molar-refractivity contribution in [3.63, 3.8) is 0 Å². The zero-order valence-corrected chi connectivity index (χ0v) is 6.96. The fraction of sp³-hybridized carbons (Fsp3) is 0.625. The van der Waals surface area contributed by atoms with E-state index in [9.17, 15) is 4.79 Å². The summed E-state index contributed by atoms with van der Waals surface area (Å²) in [6.45, 7) is 4.16. The second-order valence-corrected chi connectivity index (χ2v) is 2.16. The third-order valence-corrected chi connectivity index (χ3v) is 1.23. The number of unbranched alkanes of at least 4 members (excludes halogenated alkanes) is 1. The second kappa shape index (κ2) is 5.77. The van der Waals surface area contributed by atoms with Crippen molar-refractivity contribution in [1.29, 1.82) is 0 Å². The smallest absolute Gasteiger partial charge is 0.370 e. The molecule has 0 aromatic rings. The van der Waals surface area contributed by atoms with E-state index in [2.05, 4.69) is 0 Å². The maximum absolute atomic E-state index is 10.3. The van der Waals surface area contributed by atoms with Crippen LogP contribution in [0, 0.1) is 0 Å². The van der Waals surface area contributed by atoms with E-state index in [1.54, 1.807) is 6.92 Å². The van der Waals surface area contributed by atoms with Crippen LogP contribution in [0.15, 0.2) is 11.8 Å². The fourth-order valence-corrected chi connectivity index (χ4v) is 0.595. The van der Waals surface area contributed by atoms with Gasteiger partial charge in [-0.25, -0.2) is 4.79 Å². The standard InChI is InChI=1S/C8H14O3/c1-3-5-6-11-7(4-2)8(9)10/h4H,3,5-6H2,1-2H3,(H,9,10). The van der Waals surface area contributed by atoms with Gasteiger partial charge in [0.15, 0.2) is 5.76 Å². The van der Waals surface area contributed by atoms with Gasteiger partial charge in [0.1, 0.15) is 0 Å². The molecule has 11 heavy (non-hydrogen) atoms. The van der Waals surface area contributed by atoms with Crippen molar-refractivity contribution in [2.75, 3.05) is 6.61 Å². The SMILES string of the molecule is CC=C(OCCCC)C(=O)O. The first kappa shape index (κ1) is 10.0. The van der Waals surface area contributed by atoms with Gasteiger partial charge in [0.2, 0.25) is 0 Å². The quantitative estimate of drug-likeness (QED) is 0.377. The lowest BCUT2D eigenvalue weighted by Gasteiger charge is -2.03. The van der Waals surface area contributed by atoms with Crippen molar-refractivity contribution < 1.29 is 14.6 Å². The molecular weight excluding hydrogens is 144 g/mol. The third-order valence-electron chi connectivity index (χ3n) is 1.23. The molecule has 0 unspecified atom stereocenters. The molecule has 0 rings (SSSR count). The first-order valence-electron chi connectivity index (χ1n) is 3.74. The van der Waals surface area contributed by atoms with E-state index in [0.29, 0.717) is 6.61 Å². The number of hydrogen-bond acceptors (Lipinski definition) is 2. The van der Waals surface area contributed by atoms with Crippen molar-refractivity contribution in [3.05, 3.63) is 11.8 Å². The summed E-state index contributed by atoms with van der Waals surface area (Å²) < 4.78 is 4.95. The minimum Gasteiger partial charge on any atom is -0.487 e. The van der Waals surface area contributed by atoms with Crippen LogP contribution >= 0.6 is 0 Å². The molecule has 0 heterocycles. The molecule has 1 N–H and O–H groups in total. The Morgan fingerprint density at radius 1 is 1.64 bits per heavy atom. The Morgan fingerprint density at radius 2 is 2.27 bits per heavy atom. The fourth-order valence-electron chi connectivity index (χ4n) is 0.595. The van der Waals surface area contributed by atoms with Gasteiger partial charge in [-0.05, 0) is 19.4 Å².